The zero-order valence-electron chi connectivity index (χ0n) is 13.6. The van der Waals surface area contributed by atoms with Crippen LogP contribution in [0.15, 0.2) is 36.7 Å². The minimum Gasteiger partial charge on any atom is -0.460 e. The Morgan fingerprint density at radius 1 is 1.26 bits per heavy atom. The molecular weight excluding hydrogens is 294 g/mol. The Morgan fingerprint density at radius 3 is 2.57 bits per heavy atom. The van der Waals surface area contributed by atoms with E-state index in [1.165, 1.54) is 16.3 Å². The maximum absolute atomic E-state index is 12.1. The molecule has 0 atom stereocenters. The number of carbonyl (C=O) groups excluding carboxylic acids is 2. The highest BCUT2D eigenvalue weighted by molar-refractivity contribution is 5.92. The van der Waals surface area contributed by atoms with Crippen LogP contribution in [-0.4, -0.2) is 28.0 Å². The highest BCUT2D eigenvalue weighted by atomic mass is 16.5. The molecule has 1 N–H and O–H groups in total. The summed E-state index contributed by atoms with van der Waals surface area (Å²) in [6, 6.07) is 7.71. The van der Waals surface area contributed by atoms with E-state index < -0.39 is 5.97 Å². The molecule has 1 aromatic carbocycles. The molecule has 1 aromatic heterocycles. The van der Waals surface area contributed by atoms with Crippen molar-refractivity contribution in [3.8, 4) is 0 Å². The topological polar surface area (TPSA) is 73.2 Å². The summed E-state index contributed by atoms with van der Waals surface area (Å²) >= 11 is 0. The van der Waals surface area contributed by atoms with Gasteiger partial charge in [0.25, 0.3) is 0 Å². The second kappa shape index (κ2) is 7.58. The number of aromatic nitrogens is 2. The van der Waals surface area contributed by atoms with Crippen molar-refractivity contribution in [2.45, 2.75) is 33.2 Å². The maximum Gasteiger partial charge on any atom is 0.374 e. The number of benzene rings is 1. The second-order valence-corrected chi connectivity index (χ2v) is 5.42. The van der Waals surface area contributed by atoms with Gasteiger partial charge in [0.2, 0.25) is 11.7 Å². The number of carbonyl (C=O) groups is 2. The van der Waals surface area contributed by atoms with Crippen molar-refractivity contribution in [1.29, 1.82) is 0 Å². The van der Waals surface area contributed by atoms with Gasteiger partial charge in [-0.2, -0.15) is 0 Å². The lowest BCUT2D eigenvalue weighted by Crippen LogP contribution is -2.22. The predicted molar refractivity (Wildman–Crippen MR) is 87.3 cm³/mol. The Bertz CT molecular complexity index is 675. The van der Waals surface area contributed by atoms with Gasteiger partial charge in [-0.25, -0.2) is 9.78 Å². The molecule has 1 amide bonds. The van der Waals surface area contributed by atoms with E-state index in [0.29, 0.717) is 5.92 Å². The van der Waals surface area contributed by atoms with Crippen molar-refractivity contribution in [1.82, 2.24) is 9.55 Å². The fourth-order valence-corrected chi connectivity index (χ4v) is 2.13. The number of rotatable bonds is 6. The van der Waals surface area contributed by atoms with E-state index in [1.807, 2.05) is 24.3 Å². The minimum atomic E-state index is -0.536. The van der Waals surface area contributed by atoms with Crippen molar-refractivity contribution in [3.63, 3.8) is 0 Å². The van der Waals surface area contributed by atoms with Gasteiger partial charge >= 0.3 is 5.97 Å². The molecule has 0 bridgehead atoms. The van der Waals surface area contributed by atoms with E-state index >= 15 is 0 Å². The van der Waals surface area contributed by atoms with Gasteiger partial charge in [0.15, 0.2) is 0 Å². The maximum atomic E-state index is 12.1. The molecule has 0 aliphatic heterocycles. The van der Waals surface area contributed by atoms with Crippen LogP contribution in [0, 0.1) is 0 Å². The molecule has 122 valence electrons. The average Bonchev–Trinajstić information content (AvgIpc) is 2.96. The molecule has 0 aliphatic carbocycles. The summed E-state index contributed by atoms with van der Waals surface area (Å²) < 4.78 is 6.38. The first kappa shape index (κ1) is 16.7. The number of imidazole rings is 1. The molecule has 23 heavy (non-hydrogen) atoms. The predicted octanol–water partition coefficient (Wildman–Crippen LogP) is 2.82. The second-order valence-electron chi connectivity index (χ2n) is 5.42. The van der Waals surface area contributed by atoms with Crippen LogP contribution in [0.3, 0.4) is 0 Å². The molecule has 0 unspecified atom stereocenters. The first-order valence-electron chi connectivity index (χ1n) is 7.59. The highest BCUT2D eigenvalue weighted by Crippen LogP contribution is 2.17. The van der Waals surface area contributed by atoms with Crippen molar-refractivity contribution < 1.29 is 14.3 Å². The number of amides is 1. The summed E-state index contributed by atoms with van der Waals surface area (Å²) in [4.78, 5) is 27.8. The van der Waals surface area contributed by atoms with Gasteiger partial charge in [0, 0.05) is 18.1 Å². The molecule has 0 spiro atoms. The Morgan fingerprint density at radius 2 is 1.96 bits per heavy atom. The fraction of sp³-hybridized carbons (Fsp3) is 0.353. The highest BCUT2D eigenvalue weighted by Gasteiger charge is 2.15. The summed E-state index contributed by atoms with van der Waals surface area (Å²) in [5.41, 5.74) is 1.93. The van der Waals surface area contributed by atoms with Crippen LogP contribution in [-0.2, 0) is 16.1 Å². The third-order valence-corrected chi connectivity index (χ3v) is 3.35. The van der Waals surface area contributed by atoms with Crippen LogP contribution in [0.2, 0.25) is 0 Å². The molecule has 6 heteroatoms. The van der Waals surface area contributed by atoms with Crippen LogP contribution >= 0.6 is 0 Å². The summed E-state index contributed by atoms with van der Waals surface area (Å²) in [7, 11) is 0. The summed E-state index contributed by atoms with van der Waals surface area (Å²) in [5.74, 6) is -0.201. The van der Waals surface area contributed by atoms with E-state index in [-0.39, 0.29) is 24.9 Å². The smallest absolute Gasteiger partial charge is 0.374 e. The van der Waals surface area contributed by atoms with Gasteiger partial charge < -0.3 is 14.6 Å². The van der Waals surface area contributed by atoms with E-state index in [2.05, 4.69) is 24.1 Å². The molecule has 0 radical (unpaired) electrons. The first-order chi connectivity index (χ1) is 11.0. The molecule has 0 saturated carbocycles. The normalized spacial score (nSPS) is 10.6. The number of hydrogen-bond donors (Lipinski definition) is 1. The molecule has 6 nitrogen and oxygen atoms in total. The van der Waals surface area contributed by atoms with Crippen molar-refractivity contribution >= 4 is 17.6 Å². The van der Waals surface area contributed by atoms with Crippen molar-refractivity contribution in [3.05, 3.63) is 48.0 Å². The Labute approximate surface area is 135 Å². The van der Waals surface area contributed by atoms with Gasteiger partial charge in [-0.15, -0.1) is 0 Å². The van der Waals surface area contributed by atoms with Gasteiger partial charge in [-0.05, 0) is 30.5 Å². The molecule has 0 fully saturated rings. The van der Waals surface area contributed by atoms with Gasteiger partial charge in [0.1, 0.15) is 6.54 Å². The number of ether oxygens (including phenoxy) is 1. The van der Waals surface area contributed by atoms with Crippen LogP contribution in [0.25, 0.3) is 0 Å². The number of anilines is 1. The Kier molecular flexibility index (Phi) is 5.51. The number of hydrogen-bond acceptors (Lipinski definition) is 4. The lowest BCUT2D eigenvalue weighted by Gasteiger charge is -2.10. The van der Waals surface area contributed by atoms with E-state index in [0.717, 1.165) is 5.69 Å². The monoisotopic (exact) mass is 315 g/mol. The molecule has 2 aromatic rings. The van der Waals surface area contributed by atoms with Crippen LogP contribution in [0.5, 0.6) is 0 Å². The standard InChI is InChI=1S/C17H21N3O3/c1-4-23-17(22)16-18-9-10-20(16)11-15(21)19-14-7-5-13(6-8-14)12(2)3/h5-10,12H,4,11H2,1-3H3,(H,19,21). The molecule has 0 saturated heterocycles. The van der Waals surface area contributed by atoms with E-state index in [4.69, 9.17) is 4.74 Å². The quantitative estimate of drug-likeness (QED) is 0.832. The Balaban J connectivity index is 2.00. The van der Waals surface area contributed by atoms with E-state index in [9.17, 15) is 9.59 Å². The van der Waals surface area contributed by atoms with Gasteiger partial charge in [0.05, 0.1) is 6.61 Å². The van der Waals surface area contributed by atoms with Crippen LogP contribution in [0.1, 0.15) is 42.9 Å². The zero-order valence-corrected chi connectivity index (χ0v) is 13.6. The van der Waals surface area contributed by atoms with Gasteiger partial charge in [-0.3, -0.25) is 4.79 Å². The average molecular weight is 315 g/mol. The number of nitrogens with one attached hydrogen (secondary N) is 1. The molecule has 2 rings (SSSR count). The summed E-state index contributed by atoms with van der Waals surface area (Å²) in [6.45, 7) is 6.21. The SMILES string of the molecule is CCOC(=O)c1nccn1CC(=O)Nc1ccc(C(C)C)cc1. The summed E-state index contributed by atoms with van der Waals surface area (Å²) in [6.07, 6.45) is 3.05. The molecule has 0 aliphatic rings. The number of esters is 1. The van der Waals surface area contributed by atoms with Crippen LogP contribution in [0.4, 0.5) is 5.69 Å². The Hall–Kier alpha value is -2.63. The minimum absolute atomic E-state index is 0.0000790. The van der Waals surface area contributed by atoms with Gasteiger partial charge in [-0.1, -0.05) is 26.0 Å². The third-order valence-electron chi connectivity index (χ3n) is 3.35. The lowest BCUT2D eigenvalue weighted by atomic mass is 10.0. The molecule has 1 heterocycles. The zero-order chi connectivity index (χ0) is 16.8. The van der Waals surface area contributed by atoms with E-state index in [1.54, 1.807) is 13.1 Å². The largest absolute Gasteiger partial charge is 0.460 e. The molecular formula is C17H21N3O3. The summed E-state index contributed by atoms with van der Waals surface area (Å²) in [5, 5.41) is 2.80. The third kappa shape index (κ3) is 4.42. The van der Waals surface area contributed by atoms with Crippen molar-refractivity contribution in [2.24, 2.45) is 0 Å². The first-order valence-corrected chi connectivity index (χ1v) is 7.59. The van der Waals surface area contributed by atoms with Crippen LogP contribution < -0.4 is 5.32 Å². The van der Waals surface area contributed by atoms with Crippen molar-refractivity contribution in [2.75, 3.05) is 11.9 Å². The fourth-order valence-electron chi connectivity index (χ4n) is 2.13. The lowest BCUT2D eigenvalue weighted by molar-refractivity contribution is -0.116. The number of nitrogens with zero attached hydrogens (tertiary/aromatic N) is 2.